The first kappa shape index (κ1) is 23.7. The van der Waals surface area contributed by atoms with Gasteiger partial charge in [0, 0.05) is 11.6 Å². The molecule has 0 saturated carbocycles. The quantitative estimate of drug-likeness (QED) is 0.304. The Morgan fingerprint density at radius 3 is 1.91 bits per heavy atom. The van der Waals surface area contributed by atoms with Gasteiger partial charge in [0.2, 0.25) is 5.78 Å². The highest BCUT2D eigenvalue weighted by molar-refractivity contribution is 7.72. The molecule has 3 rings (SSSR count). The van der Waals surface area contributed by atoms with Crippen LogP contribution < -0.4 is 19.5 Å². The fourth-order valence-corrected chi connectivity index (χ4v) is 5.26. The van der Waals surface area contributed by atoms with Gasteiger partial charge in [-0.25, -0.2) is 4.79 Å². The summed E-state index contributed by atoms with van der Waals surface area (Å²) in [6.45, 7) is 0. The Kier molecular flexibility index (Phi) is 7.52. The van der Waals surface area contributed by atoms with E-state index >= 15 is 0 Å². The summed E-state index contributed by atoms with van der Waals surface area (Å²) in [5.41, 5.74) is -0.544. The third-order valence-corrected chi connectivity index (χ3v) is 6.71. The molecule has 0 radical (unpaired) electrons. The number of rotatable bonds is 8. The van der Waals surface area contributed by atoms with Crippen LogP contribution in [0.4, 0.5) is 0 Å². The molecule has 3 aromatic rings. The SMILES string of the molecule is COc1cc(OC)c([P+](=O)C(=O)c2c(Cl)cccc2Cl)c(OC)c1C(=O)c1ccccc1. The van der Waals surface area contributed by atoms with E-state index in [-0.39, 0.29) is 43.7 Å². The summed E-state index contributed by atoms with van der Waals surface area (Å²) < 4.78 is 29.7. The fourth-order valence-electron chi connectivity index (χ4n) is 3.16. The second-order valence-corrected chi connectivity index (χ2v) is 8.69. The maximum Gasteiger partial charge on any atom is 0.466 e. The van der Waals surface area contributed by atoms with Crippen LogP contribution >= 0.6 is 31.0 Å². The Morgan fingerprint density at radius 2 is 1.38 bits per heavy atom. The van der Waals surface area contributed by atoms with Crippen molar-refractivity contribution in [3.63, 3.8) is 0 Å². The van der Waals surface area contributed by atoms with Crippen molar-refractivity contribution in [3.05, 3.63) is 81.3 Å². The summed E-state index contributed by atoms with van der Waals surface area (Å²) >= 11 is 12.3. The molecular weight excluding hydrogens is 474 g/mol. The molecule has 0 aliphatic rings. The van der Waals surface area contributed by atoms with Crippen LogP contribution in [0.2, 0.25) is 10.0 Å². The van der Waals surface area contributed by atoms with Crippen LogP contribution in [0, 0.1) is 0 Å². The first-order chi connectivity index (χ1) is 15.3. The molecule has 9 heteroatoms. The van der Waals surface area contributed by atoms with E-state index in [1.165, 1.54) is 39.5 Å². The molecule has 0 heterocycles. The molecule has 3 aromatic carbocycles. The van der Waals surface area contributed by atoms with Gasteiger partial charge in [-0.2, -0.15) is 0 Å². The summed E-state index contributed by atoms with van der Waals surface area (Å²) in [6, 6.07) is 14.3. The first-order valence-electron chi connectivity index (χ1n) is 9.24. The van der Waals surface area contributed by atoms with Crippen molar-refractivity contribution in [2.45, 2.75) is 0 Å². The molecule has 0 aliphatic carbocycles. The van der Waals surface area contributed by atoms with Gasteiger partial charge in [-0.05, 0) is 12.1 Å². The third-order valence-electron chi connectivity index (χ3n) is 4.66. The van der Waals surface area contributed by atoms with E-state index in [1.54, 1.807) is 36.4 Å². The van der Waals surface area contributed by atoms with Gasteiger partial charge in [0.1, 0.15) is 16.9 Å². The Labute approximate surface area is 195 Å². The number of ketones is 1. The molecule has 0 aliphatic heterocycles. The van der Waals surface area contributed by atoms with Gasteiger partial charge >= 0.3 is 13.3 Å². The summed E-state index contributed by atoms with van der Waals surface area (Å²) in [5.74, 6) is -0.327. The maximum absolute atomic E-state index is 13.5. The van der Waals surface area contributed by atoms with Crippen molar-refractivity contribution in [1.82, 2.24) is 0 Å². The smallest absolute Gasteiger partial charge is 0.466 e. The highest BCUT2D eigenvalue weighted by Gasteiger charge is 2.44. The topological polar surface area (TPSA) is 78.9 Å². The zero-order valence-electron chi connectivity index (χ0n) is 17.3. The van der Waals surface area contributed by atoms with Crippen LogP contribution in [0.15, 0.2) is 54.6 Å². The van der Waals surface area contributed by atoms with Crippen molar-refractivity contribution in [1.29, 1.82) is 0 Å². The number of methoxy groups -OCH3 is 3. The number of halogens is 2. The van der Waals surface area contributed by atoms with Crippen molar-refractivity contribution in [3.8, 4) is 17.2 Å². The van der Waals surface area contributed by atoms with E-state index in [4.69, 9.17) is 37.4 Å². The summed E-state index contributed by atoms with van der Waals surface area (Å²) in [4.78, 5) is 26.5. The lowest BCUT2D eigenvalue weighted by molar-refractivity contribution is 0.103. The van der Waals surface area contributed by atoms with Crippen LogP contribution in [0.5, 0.6) is 17.2 Å². The average Bonchev–Trinajstić information content (AvgIpc) is 2.81. The summed E-state index contributed by atoms with van der Waals surface area (Å²) in [7, 11) is 1.18. The van der Waals surface area contributed by atoms with Crippen molar-refractivity contribution in [2.24, 2.45) is 0 Å². The van der Waals surface area contributed by atoms with E-state index in [2.05, 4.69) is 0 Å². The molecule has 0 saturated heterocycles. The van der Waals surface area contributed by atoms with E-state index in [9.17, 15) is 14.2 Å². The van der Waals surface area contributed by atoms with E-state index in [0.29, 0.717) is 5.56 Å². The van der Waals surface area contributed by atoms with Gasteiger partial charge in [0.15, 0.2) is 11.5 Å². The minimum Gasteiger partial charge on any atom is -0.496 e. The molecule has 0 aromatic heterocycles. The summed E-state index contributed by atoms with van der Waals surface area (Å²) in [5, 5.41) is 0.0156. The minimum absolute atomic E-state index is 0.0124. The standard InChI is InChI=1S/C23H18Cl2O6P/c1-29-16-12-17(30-2)22(32(28)23(27)18-14(24)10-7-11-15(18)25)21(31-3)19(16)20(26)13-8-5-4-6-9-13/h4-12H,1-3H3/q+1. The van der Waals surface area contributed by atoms with Crippen molar-refractivity contribution < 1.29 is 28.4 Å². The molecule has 164 valence electrons. The number of hydrogen-bond donors (Lipinski definition) is 0. The molecule has 6 nitrogen and oxygen atoms in total. The van der Waals surface area contributed by atoms with Crippen LogP contribution in [-0.2, 0) is 4.57 Å². The van der Waals surface area contributed by atoms with Gasteiger partial charge in [-0.1, -0.05) is 64.2 Å². The van der Waals surface area contributed by atoms with Gasteiger partial charge in [-0.15, -0.1) is 0 Å². The normalized spacial score (nSPS) is 11.0. The second-order valence-electron chi connectivity index (χ2n) is 6.43. The molecular formula is C23H18Cl2O6P+. The lowest BCUT2D eigenvalue weighted by Crippen LogP contribution is -2.17. The largest absolute Gasteiger partial charge is 0.496 e. The molecule has 1 atom stereocenters. The average molecular weight is 492 g/mol. The maximum atomic E-state index is 13.5. The number of carbonyl (C=O) groups is 2. The Balaban J connectivity index is 2.26. The van der Waals surface area contributed by atoms with E-state index in [0.717, 1.165) is 0 Å². The number of ether oxygens (including phenoxy) is 3. The van der Waals surface area contributed by atoms with E-state index < -0.39 is 19.1 Å². The molecule has 0 bridgehead atoms. The lowest BCUT2D eigenvalue weighted by Gasteiger charge is -2.15. The Bertz CT molecular complexity index is 1190. The van der Waals surface area contributed by atoms with Gasteiger partial charge < -0.3 is 14.2 Å². The van der Waals surface area contributed by atoms with Crippen LogP contribution in [0.3, 0.4) is 0 Å². The fraction of sp³-hybridized carbons (Fsp3) is 0.130. The predicted molar refractivity (Wildman–Crippen MR) is 124 cm³/mol. The zero-order chi connectivity index (χ0) is 23.4. The number of benzene rings is 3. The summed E-state index contributed by atoms with van der Waals surface area (Å²) in [6.07, 6.45) is 0. The third kappa shape index (κ3) is 4.35. The van der Waals surface area contributed by atoms with Crippen molar-refractivity contribution >= 4 is 47.6 Å². The van der Waals surface area contributed by atoms with Crippen molar-refractivity contribution in [2.75, 3.05) is 21.3 Å². The second kappa shape index (κ2) is 10.1. The van der Waals surface area contributed by atoms with Crippen LogP contribution in [0.25, 0.3) is 0 Å². The molecule has 0 spiro atoms. The van der Waals surface area contributed by atoms with Crippen LogP contribution in [0.1, 0.15) is 26.3 Å². The Morgan fingerprint density at radius 1 is 0.781 bits per heavy atom. The highest BCUT2D eigenvalue weighted by Crippen LogP contribution is 2.43. The Hall–Kier alpha value is -2.92. The number of carbonyl (C=O) groups excluding carboxylic acids is 2. The highest BCUT2D eigenvalue weighted by atomic mass is 35.5. The van der Waals surface area contributed by atoms with E-state index in [1.807, 2.05) is 0 Å². The first-order valence-corrected chi connectivity index (χ1v) is 11.3. The van der Waals surface area contributed by atoms with Crippen LogP contribution in [-0.4, -0.2) is 32.6 Å². The molecule has 32 heavy (non-hydrogen) atoms. The number of hydrogen-bond acceptors (Lipinski definition) is 6. The lowest BCUT2D eigenvalue weighted by atomic mass is 10.0. The molecule has 0 fully saturated rings. The molecule has 0 N–H and O–H groups in total. The monoisotopic (exact) mass is 491 g/mol. The van der Waals surface area contributed by atoms with Gasteiger partial charge in [-0.3, -0.25) is 4.79 Å². The minimum atomic E-state index is -2.84. The van der Waals surface area contributed by atoms with Gasteiger partial charge in [0.05, 0.1) is 31.4 Å². The predicted octanol–water partition coefficient (Wildman–Crippen LogP) is 5.54. The zero-order valence-corrected chi connectivity index (χ0v) is 19.8. The molecule has 1 unspecified atom stereocenters. The molecule has 0 amide bonds. The van der Waals surface area contributed by atoms with Gasteiger partial charge in [0.25, 0.3) is 5.30 Å².